The molecule has 1 N–H and O–H groups in total. The average Bonchev–Trinajstić information content (AvgIpc) is 2.71. The number of nitrogens with zero attached hydrogens (tertiary/aromatic N) is 1. The van der Waals surface area contributed by atoms with Crippen LogP contribution in [0.25, 0.3) is 0 Å². The molecule has 0 bridgehead atoms. The van der Waals surface area contributed by atoms with Crippen LogP contribution in [0.4, 0.5) is 11.4 Å². The van der Waals surface area contributed by atoms with E-state index in [-0.39, 0.29) is 5.91 Å². The maximum atomic E-state index is 12.7. The third-order valence-corrected chi connectivity index (χ3v) is 5.51. The van der Waals surface area contributed by atoms with Crippen molar-refractivity contribution in [3.8, 4) is 17.2 Å². The van der Waals surface area contributed by atoms with Crippen LogP contribution in [0.15, 0.2) is 42.5 Å². The number of nitrogens with one attached hydrogen (secondary N) is 1. The lowest BCUT2D eigenvalue weighted by Crippen LogP contribution is -2.32. The molecule has 29 heavy (non-hydrogen) atoms. The second-order valence-electron chi connectivity index (χ2n) is 6.29. The summed E-state index contributed by atoms with van der Waals surface area (Å²) >= 11 is 0. The minimum absolute atomic E-state index is 0.326. The Morgan fingerprint density at radius 1 is 1.07 bits per heavy atom. The maximum absolute atomic E-state index is 12.7. The zero-order valence-corrected chi connectivity index (χ0v) is 17.9. The minimum Gasteiger partial charge on any atom is -0.497 e. The molecule has 0 aliphatic heterocycles. The van der Waals surface area contributed by atoms with Crippen LogP contribution in [0.1, 0.15) is 13.3 Å². The van der Waals surface area contributed by atoms with E-state index in [4.69, 9.17) is 14.2 Å². The fraction of sp³-hybridized carbons (Fsp3) is 0.350. The average molecular weight is 423 g/mol. The molecule has 158 valence electrons. The number of anilines is 2. The van der Waals surface area contributed by atoms with Gasteiger partial charge in [-0.25, -0.2) is 8.42 Å². The molecule has 2 aromatic carbocycles. The van der Waals surface area contributed by atoms with Gasteiger partial charge < -0.3 is 19.5 Å². The van der Waals surface area contributed by atoms with Crippen LogP contribution in [0.3, 0.4) is 0 Å². The van der Waals surface area contributed by atoms with Gasteiger partial charge in [0.15, 0.2) is 6.10 Å². The number of sulfonamides is 1. The zero-order chi connectivity index (χ0) is 21.6. The van der Waals surface area contributed by atoms with E-state index in [0.29, 0.717) is 35.0 Å². The summed E-state index contributed by atoms with van der Waals surface area (Å²) in [6.45, 7) is 1.83. The van der Waals surface area contributed by atoms with Crippen LogP contribution in [-0.2, 0) is 14.8 Å². The predicted molar refractivity (Wildman–Crippen MR) is 113 cm³/mol. The Balaban J connectivity index is 2.11. The zero-order valence-electron chi connectivity index (χ0n) is 17.1. The number of benzene rings is 2. The highest BCUT2D eigenvalue weighted by molar-refractivity contribution is 7.92. The normalized spacial score (nSPS) is 12.0. The Hall–Kier alpha value is -2.94. The van der Waals surface area contributed by atoms with E-state index >= 15 is 0 Å². The molecule has 8 nitrogen and oxygen atoms in total. The smallest absolute Gasteiger partial charge is 0.265 e. The van der Waals surface area contributed by atoms with Gasteiger partial charge >= 0.3 is 0 Å². The van der Waals surface area contributed by atoms with Crippen molar-refractivity contribution in [3.05, 3.63) is 42.5 Å². The van der Waals surface area contributed by atoms with Crippen LogP contribution in [-0.4, -0.2) is 48.0 Å². The van der Waals surface area contributed by atoms with E-state index < -0.39 is 16.1 Å². The highest BCUT2D eigenvalue weighted by atomic mass is 32.2. The van der Waals surface area contributed by atoms with E-state index in [2.05, 4.69) is 5.32 Å². The summed E-state index contributed by atoms with van der Waals surface area (Å²) in [6, 6.07) is 11.6. The molecule has 2 aromatic rings. The van der Waals surface area contributed by atoms with Crippen molar-refractivity contribution in [2.75, 3.05) is 37.1 Å². The minimum atomic E-state index is -3.35. The molecule has 0 fully saturated rings. The van der Waals surface area contributed by atoms with Crippen LogP contribution < -0.4 is 23.8 Å². The van der Waals surface area contributed by atoms with Gasteiger partial charge in [-0.05, 0) is 42.8 Å². The Morgan fingerprint density at radius 3 is 2.21 bits per heavy atom. The first kappa shape index (κ1) is 22.4. The molecule has 0 saturated carbocycles. The summed E-state index contributed by atoms with van der Waals surface area (Å²) in [5.41, 5.74) is 1.01. The second-order valence-corrected chi connectivity index (χ2v) is 8.31. The summed E-state index contributed by atoms with van der Waals surface area (Å²) in [6.07, 6.45) is 0.831. The summed E-state index contributed by atoms with van der Waals surface area (Å²) in [7, 11) is 1.18. The van der Waals surface area contributed by atoms with Crippen LogP contribution in [0.5, 0.6) is 17.2 Å². The van der Waals surface area contributed by atoms with Gasteiger partial charge in [-0.3, -0.25) is 9.10 Å². The summed E-state index contributed by atoms with van der Waals surface area (Å²) in [5.74, 6) is 1.22. The van der Waals surface area contributed by atoms with E-state index in [1.54, 1.807) is 49.6 Å². The van der Waals surface area contributed by atoms with E-state index in [0.717, 1.165) is 10.6 Å². The molecular weight excluding hydrogens is 396 g/mol. The number of hydrogen-bond acceptors (Lipinski definition) is 6. The SMILES string of the molecule is CCC(Oc1ccc(N(C)S(C)(=O)=O)cc1)C(=O)Nc1ccc(OC)cc1OC. The molecule has 1 atom stereocenters. The lowest BCUT2D eigenvalue weighted by atomic mass is 10.2. The molecule has 0 heterocycles. The quantitative estimate of drug-likeness (QED) is 0.668. The first-order valence-corrected chi connectivity index (χ1v) is 10.8. The van der Waals surface area contributed by atoms with Crippen molar-refractivity contribution < 1.29 is 27.4 Å². The fourth-order valence-corrected chi connectivity index (χ4v) is 3.03. The van der Waals surface area contributed by atoms with Crippen LogP contribution in [0.2, 0.25) is 0 Å². The largest absolute Gasteiger partial charge is 0.497 e. The van der Waals surface area contributed by atoms with Crippen molar-refractivity contribution in [1.29, 1.82) is 0 Å². The summed E-state index contributed by atoms with van der Waals surface area (Å²) < 4.78 is 40.6. The Labute approximate surface area is 171 Å². The Morgan fingerprint density at radius 2 is 1.69 bits per heavy atom. The van der Waals surface area contributed by atoms with Crippen molar-refractivity contribution in [2.24, 2.45) is 0 Å². The van der Waals surface area contributed by atoms with Gasteiger partial charge in [0.1, 0.15) is 17.2 Å². The highest BCUT2D eigenvalue weighted by Gasteiger charge is 2.20. The number of hydrogen-bond donors (Lipinski definition) is 1. The van der Waals surface area contributed by atoms with E-state index in [9.17, 15) is 13.2 Å². The van der Waals surface area contributed by atoms with Crippen molar-refractivity contribution >= 4 is 27.3 Å². The molecule has 0 aliphatic rings. The number of carbonyl (C=O) groups excluding carboxylic acids is 1. The monoisotopic (exact) mass is 422 g/mol. The Kier molecular flexibility index (Phi) is 7.33. The molecule has 1 amide bonds. The molecule has 0 spiro atoms. The molecule has 0 aliphatic carbocycles. The summed E-state index contributed by atoms with van der Waals surface area (Å²) in [4.78, 5) is 12.7. The first-order chi connectivity index (χ1) is 13.7. The number of methoxy groups -OCH3 is 2. The predicted octanol–water partition coefficient (Wildman–Crippen LogP) is 2.90. The van der Waals surface area contributed by atoms with Gasteiger partial charge in [0.25, 0.3) is 5.91 Å². The van der Waals surface area contributed by atoms with E-state index in [1.165, 1.54) is 14.2 Å². The van der Waals surface area contributed by atoms with Gasteiger partial charge in [-0.1, -0.05) is 6.92 Å². The van der Waals surface area contributed by atoms with Gasteiger partial charge in [0, 0.05) is 13.1 Å². The number of rotatable bonds is 9. The van der Waals surface area contributed by atoms with E-state index in [1.807, 2.05) is 6.92 Å². The number of carbonyl (C=O) groups is 1. The molecular formula is C20H26N2O6S. The lowest BCUT2D eigenvalue weighted by molar-refractivity contribution is -0.122. The lowest BCUT2D eigenvalue weighted by Gasteiger charge is -2.20. The van der Waals surface area contributed by atoms with Crippen molar-refractivity contribution in [3.63, 3.8) is 0 Å². The molecule has 0 radical (unpaired) electrons. The van der Waals surface area contributed by atoms with Gasteiger partial charge in [-0.2, -0.15) is 0 Å². The van der Waals surface area contributed by atoms with Gasteiger partial charge in [-0.15, -0.1) is 0 Å². The molecule has 2 rings (SSSR count). The molecule has 0 saturated heterocycles. The Bertz CT molecular complexity index is 944. The topological polar surface area (TPSA) is 94.2 Å². The highest BCUT2D eigenvalue weighted by Crippen LogP contribution is 2.29. The van der Waals surface area contributed by atoms with Crippen LogP contribution in [0, 0.1) is 0 Å². The standard InChI is InChI=1S/C20H26N2O6S/c1-6-18(20(23)21-17-12-11-16(26-3)13-19(17)27-4)28-15-9-7-14(8-10-15)22(2)29(5,24)25/h7-13,18H,6H2,1-5H3,(H,21,23). The third-order valence-electron chi connectivity index (χ3n) is 4.31. The summed E-state index contributed by atoms with van der Waals surface area (Å²) in [5, 5.41) is 2.80. The molecule has 9 heteroatoms. The second kappa shape index (κ2) is 9.51. The molecule has 0 aromatic heterocycles. The first-order valence-electron chi connectivity index (χ1n) is 8.93. The van der Waals surface area contributed by atoms with Crippen LogP contribution >= 0.6 is 0 Å². The van der Waals surface area contributed by atoms with Gasteiger partial charge in [0.05, 0.1) is 31.9 Å². The molecule has 1 unspecified atom stereocenters. The number of amides is 1. The third kappa shape index (κ3) is 5.77. The van der Waals surface area contributed by atoms with Crippen molar-refractivity contribution in [1.82, 2.24) is 0 Å². The van der Waals surface area contributed by atoms with Gasteiger partial charge in [0.2, 0.25) is 10.0 Å². The van der Waals surface area contributed by atoms with Crippen molar-refractivity contribution in [2.45, 2.75) is 19.4 Å². The fourth-order valence-electron chi connectivity index (χ4n) is 2.53. The number of ether oxygens (including phenoxy) is 3. The maximum Gasteiger partial charge on any atom is 0.265 e.